The summed E-state index contributed by atoms with van der Waals surface area (Å²) in [6, 6.07) is 8.33. The van der Waals surface area contributed by atoms with E-state index in [0.717, 1.165) is 12.1 Å². The number of carbonyl (C=O) groups is 1. The van der Waals surface area contributed by atoms with Crippen LogP contribution in [-0.4, -0.2) is 27.5 Å². The average Bonchev–Trinajstić information content (AvgIpc) is 2.70. The Bertz CT molecular complexity index is 1070. The van der Waals surface area contributed by atoms with Crippen molar-refractivity contribution in [1.82, 2.24) is 14.9 Å². The molecule has 0 N–H and O–H groups in total. The number of benzene rings is 2. The second-order valence-electron chi connectivity index (χ2n) is 6.34. The van der Waals surface area contributed by atoms with Crippen molar-refractivity contribution in [3.8, 4) is 16.9 Å². The number of aromatic nitrogens is 2. The minimum Gasteiger partial charge on any atom is -0.472 e. The molecule has 0 unspecified atom stereocenters. The van der Waals surface area contributed by atoms with Crippen LogP contribution in [0, 0.1) is 5.82 Å². The van der Waals surface area contributed by atoms with Gasteiger partial charge in [-0.15, -0.1) is 0 Å². The number of alkyl halides is 3. The van der Waals surface area contributed by atoms with E-state index in [2.05, 4.69) is 9.97 Å². The Hall–Kier alpha value is -3.49. The molecule has 2 heterocycles. The van der Waals surface area contributed by atoms with E-state index in [-0.39, 0.29) is 35.9 Å². The summed E-state index contributed by atoms with van der Waals surface area (Å²) >= 11 is 0. The maximum absolute atomic E-state index is 14.3. The van der Waals surface area contributed by atoms with Crippen LogP contribution in [0.25, 0.3) is 11.1 Å². The highest BCUT2D eigenvalue weighted by Gasteiger charge is 2.32. The van der Waals surface area contributed by atoms with Crippen LogP contribution in [0.1, 0.15) is 21.7 Å². The van der Waals surface area contributed by atoms with Gasteiger partial charge in [-0.2, -0.15) is 13.2 Å². The summed E-state index contributed by atoms with van der Waals surface area (Å²) in [5.41, 5.74) is -0.670. The second kappa shape index (κ2) is 7.16. The van der Waals surface area contributed by atoms with Crippen molar-refractivity contribution < 1.29 is 27.1 Å². The Morgan fingerprint density at radius 1 is 1.03 bits per heavy atom. The van der Waals surface area contributed by atoms with Crippen molar-refractivity contribution in [2.24, 2.45) is 0 Å². The molecule has 0 aliphatic carbocycles. The van der Waals surface area contributed by atoms with Crippen molar-refractivity contribution >= 4 is 5.91 Å². The molecular formula is C20H13F4N3O2. The molecule has 1 amide bonds. The van der Waals surface area contributed by atoms with Crippen LogP contribution in [0.2, 0.25) is 0 Å². The summed E-state index contributed by atoms with van der Waals surface area (Å²) in [6.07, 6.45) is -1.53. The number of ether oxygens (including phenoxy) is 1. The van der Waals surface area contributed by atoms with E-state index in [9.17, 15) is 22.4 Å². The van der Waals surface area contributed by atoms with Crippen molar-refractivity contribution in [2.75, 3.05) is 6.73 Å². The molecule has 0 saturated heterocycles. The molecule has 0 fully saturated rings. The minimum atomic E-state index is -4.64. The fourth-order valence-corrected chi connectivity index (χ4v) is 2.99. The Morgan fingerprint density at radius 3 is 2.48 bits per heavy atom. The summed E-state index contributed by atoms with van der Waals surface area (Å²) in [4.78, 5) is 22.3. The number of rotatable bonds is 3. The summed E-state index contributed by atoms with van der Waals surface area (Å²) in [5.74, 6) is -0.652. The molecule has 1 aromatic heterocycles. The van der Waals surface area contributed by atoms with Crippen LogP contribution < -0.4 is 4.74 Å². The molecule has 148 valence electrons. The molecule has 1 aliphatic heterocycles. The van der Waals surface area contributed by atoms with Crippen molar-refractivity contribution in [3.63, 3.8) is 0 Å². The predicted molar refractivity (Wildman–Crippen MR) is 94.2 cm³/mol. The summed E-state index contributed by atoms with van der Waals surface area (Å²) in [7, 11) is 0. The molecule has 0 spiro atoms. The van der Waals surface area contributed by atoms with Gasteiger partial charge in [0.2, 0.25) is 0 Å². The SMILES string of the molecule is O=C1c2cc(-c3ccc(C(F)(F)F)cc3F)ccc2OCN1Cc1ncccn1. The van der Waals surface area contributed by atoms with Crippen LogP contribution in [0.4, 0.5) is 17.6 Å². The number of carbonyl (C=O) groups excluding carboxylic acids is 1. The fraction of sp³-hybridized carbons (Fsp3) is 0.150. The third-order valence-electron chi connectivity index (χ3n) is 4.43. The van der Waals surface area contributed by atoms with Crippen LogP contribution in [0.3, 0.4) is 0 Å². The van der Waals surface area contributed by atoms with Crippen molar-refractivity contribution in [3.05, 3.63) is 77.6 Å². The van der Waals surface area contributed by atoms with E-state index in [1.54, 1.807) is 18.5 Å². The normalized spacial score (nSPS) is 13.8. The van der Waals surface area contributed by atoms with Crippen molar-refractivity contribution in [2.45, 2.75) is 12.7 Å². The first-order valence-corrected chi connectivity index (χ1v) is 8.52. The molecule has 29 heavy (non-hydrogen) atoms. The molecule has 0 saturated carbocycles. The lowest BCUT2D eigenvalue weighted by atomic mass is 9.99. The number of nitrogens with zero attached hydrogens (tertiary/aromatic N) is 3. The lowest BCUT2D eigenvalue weighted by Crippen LogP contribution is -2.38. The summed E-state index contributed by atoms with van der Waals surface area (Å²) < 4.78 is 58.2. The lowest BCUT2D eigenvalue weighted by molar-refractivity contribution is -0.137. The molecule has 0 atom stereocenters. The molecule has 2 aromatic carbocycles. The standard InChI is InChI=1S/C20H13F4N3O2/c21-16-9-13(20(22,23)24)3-4-14(16)12-2-5-17-15(8-12)19(28)27(11-29-17)10-18-25-6-1-7-26-18/h1-9H,10-11H2. The largest absolute Gasteiger partial charge is 0.472 e. The van der Waals surface area contributed by atoms with Gasteiger partial charge in [-0.1, -0.05) is 12.1 Å². The number of amides is 1. The van der Waals surface area contributed by atoms with Crippen molar-refractivity contribution in [1.29, 1.82) is 0 Å². The van der Waals surface area contributed by atoms with E-state index in [1.165, 1.54) is 23.1 Å². The first-order chi connectivity index (χ1) is 13.8. The monoisotopic (exact) mass is 403 g/mol. The molecule has 3 aromatic rings. The van der Waals surface area contributed by atoms with Gasteiger partial charge in [-0.25, -0.2) is 14.4 Å². The Morgan fingerprint density at radius 2 is 1.79 bits per heavy atom. The van der Waals surface area contributed by atoms with Gasteiger partial charge >= 0.3 is 6.18 Å². The molecule has 9 heteroatoms. The second-order valence-corrected chi connectivity index (χ2v) is 6.34. The van der Waals surface area contributed by atoms with E-state index < -0.39 is 17.6 Å². The molecule has 0 radical (unpaired) electrons. The van der Waals surface area contributed by atoms with Crippen LogP contribution in [0.15, 0.2) is 54.9 Å². The molecule has 5 nitrogen and oxygen atoms in total. The van der Waals surface area contributed by atoms with Gasteiger partial charge < -0.3 is 4.74 Å². The number of hydrogen-bond donors (Lipinski definition) is 0. The van der Waals surface area contributed by atoms with Gasteiger partial charge in [0.1, 0.15) is 17.4 Å². The van der Waals surface area contributed by atoms with Crippen LogP contribution >= 0.6 is 0 Å². The molecule has 1 aliphatic rings. The minimum absolute atomic E-state index is 0.00191. The van der Waals surface area contributed by atoms with Gasteiger partial charge in [0, 0.05) is 18.0 Å². The fourth-order valence-electron chi connectivity index (χ4n) is 2.99. The maximum Gasteiger partial charge on any atom is 0.416 e. The summed E-state index contributed by atoms with van der Waals surface area (Å²) in [6.45, 7) is 0.121. The third-order valence-corrected chi connectivity index (χ3v) is 4.43. The Kier molecular flexibility index (Phi) is 4.65. The average molecular weight is 403 g/mol. The topological polar surface area (TPSA) is 55.3 Å². The van der Waals surface area contributed by atoms with Crippen LogP contribution in [-0.2, 0) is 12.7 Å². The first kappa shape index (κ1) is 18.9. The summed E-state index contributed by atoms with van der Waals surface area (Å²) in [5, 5.41) is 0. The Balaban J connectivity index is 1.64. The third kappa shape index (κ3) is 3.75. The van der Waals surface area contributed by atoms with E-state index in [1.807, 2.05) is 0 Å². The zero-order valence-electron chi connectivity index (χ0n) is 14.8. The lowest BCUT2D eigenvalue weighted by Gasteiger charge is -2.28. The highest BCUT2D eigenvalue weighted by molar-refractivity contribution is 5.99. The van der Waals surface area contributed by atoms with E-state index in [4.69, 9.17) is 4.74 Å². The number of fused-ring (bicyclic) bond motifs is 1. The van der Waals surface area contributed by atoms with E-state index >= 15 is 0 Å². The highest BCUT2D eigenvalue weighted by Crippen LogP contribution is 2.35. The Labute approximate surface area is 162 Å². The van der Waals surface area contributed by atoms with Gasteiger partial charge in [0.25, 0.3) is 5.91 Å². The number of hydrogen-bond acceptors (Lipinski definition) is 4. The van der Waals surface area contributed by atoms with Gasteiger partial charge in [-0.05, 0) is 35.9 Å². The van der Waals surface area contributed by atoms with Gasteiger partial charge in [0.05, 0.1) is 17.7 Å². The zero-order valence-corrected chi connectivity index (χ0v) is 14.8. The van der Waals surface area contributed by atoms with Gasteiger partial charge in [-0.3, -0.25) is 9.69 Å². The smallest absolute Gasteiger partial charge is 0.416 e. The first-order valence-electron chi connectivity index (χ1n) is 8.52. The molecular weight excluding hydrogens is 390 g/mol. The highest BCUT2D eigenvalue weighted by atomic mass is 19.4. The van der Waals surface area contributed by atoms with Gasteiger partial charge in [0.15, 0.2) is 6.73 Å². The number of halogens is 4. The molecule has 0 bridgehead atoms. The van der Waals surface area contributed by atoms with Crippen LogP contribution in [0.5, 0.6) is 5.75 Å². The maximum atomic E-state index is 14.3. The zero-order chi connectivity index (χ0) is 20.6. The quantitative estimate of drug-likeness (QED) is 0.612. The predicted octanol–water partition coefficient (Wildman–Crippen LogP) is 4.29. The van der Waals surface area contributed by atoms with E-state index in [0.29, 0.717) is 17.6 Å². The molecule has 4 rings (SSSR count).